The first kappa shape index (κ1) is 22.3. The van der Waals surface area contributed by atoms with Gasteiger partial charge in [0.05, 0.1) is 17.5 Å². The number of nitrogens with one attached hydrogen (secondary N) is 2. The van der Waals surface area contributed by atoms with Gasteiger partial charge in [-0.05, 0) is 37.3 Å². The molecule has 1 heterocycles. The van der Waals surface area contributed by atoms with Gasteiger partial charge in [-0.1, -0.05) is 6.07 Å². The van der Waals surface area contributed by atoms with E-state index in [1.807, 2.05) is 9.80 Å². The summed E-state index contributed by atoms with van der Waals surface area (Å²) in [7, 11) is 0. The second-order valence-electron chi connectivity index (χ2n) is 7.34. The van der Waals surface area contributed by atoms with Crippen LogP contribution in [0.3, 0.4) is 0 Å². The average molecular weight is 429 g/mol. The summed E-state index contributed by atoms with van der Waals surface area (Å²) >= 11 is 0. The van der Waals surface area contributed by atoms with Crippen molar-refractivity contribution < 1.29 is 18.9 Å². The van der Waals surface area contributed by atoms with Gasteiger partial charge in [-0.2, -0.15) is 0 Å². The molecular formula is C21H24FN5O4. The van der Waals surface area contributed by atoms with Crippen LogP contribution in [-0.2, 0) is 9.59 Å². The number of piperazine rings is 1. The quantitative estimate of drug-likeness (QED) is 0.517. The Morgan fingerprint density at radius 1 is 1.06 bits per heavy atom. The Morgan fingerprint density at radius 3 is 2.39 bits per heavy atom. The topological polar surface area (TPSA) is 108 Å². The van der Waals surface area contributed by atoms with Crippen LogP contribution in [0.15, 0.2) is 48.5 Å². The molecule has 164 valence electrons. The third-order valence-electron chi connectivity index (χ3n) is 5.15. The molecule has 1 aliphatic heterocycles. The van der Waals surface area contributed by atoms with Crippen LogP contribution in [0.4, 0.5) is 21.5 Å². The van der Waals surface area contributed by atoms with E-state index in [2.05, 4.69) is 10.6 Å². The number of nitrogens with zero attached hydrogens (tertiary/aromatic N) is 3. The molecule has 0 aromatic heterocycles. The Kier molecular flexibility index (Phi) is 7.27. The van der Waals surface area contributed by atoms with Gasteiger partial charge in [-0.25, -0.2) is 4.39 Å². The minimum absolute atomic E-state index is 0.0852. The SMILES string of the molecule is CC(C(=O)Nc1cccc([N+](=O)[O-])c1)N1CCN(CC(=O)Nc2ccc(F)cc2)CC1. The van der Waals surface area contributed by atoms with Crippen LogP contribution in [0.25, 0.3) is 0 Å². The molecule has 0 radical (unpaired) electrons. The van der Waals surface area contributed by atoms with Gasteiger partial charge in [-0.15, -0.1) is 0 Å². The monoisotopic (exact) mass is 429 g/mol. The summed E-state index contributed by atoms with van der Waals surface area (Å²) in [6, 6.07) is 11.0. The Bertz CT molecular complexity index is 945. The number of benzene rings is 2. The second-order valence-corrected chi connectivity index (χ2v) is 7.34. The maximum Gasteiger partial charge on any atom is 0.271 e. The van der Waals surface area contributed by atoms with Crippen LogP contribution in [0.1, 0.15) is 6.92 Å². The average Bonchev–Trinajstić information content (AvgIpc) is 2.75. The van der Waals surface area contributed by atoms with Crippen LogP contribution in [-0.4, -0.2) is 65.3 Å². The van der Waals surface area contributed by atoms with E-state index in [9.17, 15) is 24.1 Å². The standard InChI is InChI=1S/C21H24FN5O4/c1-15(21(29)24-18-3-2-4-19(13-18)27(30)31)26-11-9-25(10-12-26)14-20(28)23-17-7-5-16(22)6-8-17/h2-8,13,15H,9-12,14H2,1H3,(H,23,28)(H,24,29). The zero-order valence-electron chi connectivity index (χ0n) is 17.1. The number of rotatable bonds is 7. The van der Waals surface area contributed by atoms with Crippen LogP contribution in [0.5, 0.6) is 0 Å². The molecular weight excluding hydrogens is 405 g/mol. The van der Waals surface area contributed by atoms with E-state index in [0.717, 1.165) is 0 Å². The molecule has 0 bridgehead atoms. The molecule has 3 rings (SSSR count). The minimum atomic E-state index is -0.509. The van der Waals surface area contributed by atoms with Crippen molar-refractivity contribution in [2.24, 2.45) is 0 Å². The molecule has 1 aliphatic rings. The zero-order valence-corrected chi connectivity index (χ0v) is 17.1. The van der Waals surface area contributed by atoms with E-state index >= 15 is 0 Å². The summed E-state index contributed by atoms with van der Waals surface area (Å²) in [6.45, 7) is 4.43. The van der Waals surface area contributed by atoms with Crippen molar-refractivity contribution in [1.82, 2.24) is 9.80 Å². The first-order valence-electron chi connectivity index (χ1n) is 9.89. The number of hydrogen-bond donors (Lipinski definition) is 2. The predicted molar refractivity (Wildman–Crippen MR) is 114 cm³/mol. The van der Waals surface area contributed by atoms with Crippen molar-refractivity contribution in [3.05, 3.63) is 64.5 Å². The summed E-state index contributed by atoms with van der Waals surface area (Å²) in [6.07, 6.45) is 0. The number of carbonyl (C=O) groups excluding carboxylic acids is 2. The molecule has 1 atom stereocenters. The molecule has 2 aromatic rings. The number of nitro groups is 1. The first-order valence-corrected chi connectivity index (χ1v) is 9.89. The fourth-order valence-electron chi connectivity index (χ4n) is 3.36. The van der Waals surface area contributed by atoms with Gasteiger partial charge >= 0.3 is 0 Å². The largest absolute Gasteiger partial charge is 0.325 e. The van der Waals surface area contributed by atoms with Crippen molar-refractivity contribution in [1.29, 1.82) is 0 Å². The summed E-state index contributed by atoms with van der Waals surface area (Å²) in [5.74, 6) is -0.794. The van der Waals surface area contributed by atoms with Gasteiger partial charge in [0, 0.05) is 49.7 Å². The first-order chi connectivity index (χ1) is 14.8. The van der Waals surface area contributed by atoms with E-state index in [4.69, 9.17) is 0 Å². The van der Waals surface area contributed by atoms with Gasteiger partial charge in [0.25, 0.3) is 5.69 Å². The molecule has 0 aliphatic carbocycles. The highest BCUT2D eigenvalue weighted by molar-refractivity contribution is 5.95. The van der Waals surface area contributed by atoms with Gasteiger partial charge in [0.15, 0.2) is 0 Å². The lowest BCUT2D eigenvalue weighted by atomic mass is 10.2. The molecule has 2 amide bonds. The number of non-ortho nitro benzene ring substituents is 1. The van der Waals surface area contributed by atoms with Crippen molar-refractivity contribution in [3.8, 4) is 0 Å². The van der Waals surface area contributed by atoms with Crippen molar-refractivity contribution >= 4 is 28.9 Å². The summed E-state index contributed by atoms with van der Waals surface area (Å²) < 4.78 is 12.9. The van der Waals surface area contributed by atoms with E-state index < -0.39 is 11.0 Å². The lowest BCUT2D eigenvalue weighted by Gasteiger charge is -2.37. The smallest absolute Gasteiger partial charge is 0.271 e. The summed E-state index contributed by atoms with van der Waals surface area (Å²) in [5, 5.41) is 16.3. The molecule has 2 aromatic carbocycles. The second kappa shape index (κ2) is 10.1. The fourth-order valence-corrected chi connectivity index (χ4v) is 3.36. The minimum Gasteiger partial charge on any atom is -0.325 e. The summed E-state index contributed by atoms with van der Waals surface area (Å²) in [4.78, 5) is 39.1. The highest BCUT2D eigenvalue weighted by Crippen LogP contribution is 2.18. The Hall–Kier alpha value is -3.37. The van der Waals surface area contributed by atoms with Crippen LogP contribution < -0.4 is 10.6 Å². The fraction of sp³-hybridized carbons (Fsp3) is 0.333. The Morgan fingerprint density at radius 2 is 1.74 bits per heavy atom. The van der Waals surface area contributed by atoms with E-state index in [0.29, 0.717) is 37.6 Å². The number of nitro benzene ring substituents is 1. The molecule has 0 saturated carbocycles. The van der Waals surface area contributed by atoms with Crippen molar-refractivity contribution in [2.75, 3.05) is 43.4 Å². The Labute approximate surface area is 179 Å². The number of carbonyl (C=O) groups is 2. The summed E-state index contributed by atoms with van der Waals surface area (Å²) in [5.41, 5.74) is 0.830. The molecule has 1 unspecified atom stereocenters. The van der Waals surface area contributed by atoms with E-state index in [1.165, 1.54) is 42.5 Å². The number of amides is 2. The van der Waals surface area contributed by atoms with Gasteiger partial charge in [0.1, 0.15) is 5.82 Å². The number of hydrogen-bond acceptors (Lipinski definition) is 6. The van der Waals surface area contributed by atoms with Gasteiger partial charge in [-0.3, -0.25) is 29.5 Å². The third-order valence-corrected chi connectivity index (χ3v) is 5.15. The lowest BCUT2D eigenvalue weighted by molar-refractivity contribution is -0.384. The predicted octanol–water partition coefficient (Wildman–Crippen LogP) is 2.32. The Balaban J connectivity index is 1.45. The normalized spacial score (nSPS) is 15.8. The van der Waals surface area contributed by atoms with Gasteiger partial charge < -0.3 is 10.6 Å². The molecule has 1 saturated heterocycles. The van der Waals surface area contributed by atoms with E-state index in [-0.39, 0.29) is 29.9 Å². The molecule has 1 fully saturated rings. The highest BCUT2D eigenvalue weighted by Gasteiger charge is 2.26. The van der Waals surface area contributed by atoms with Crippen LogP contribution in [0, 0.1) is 15.9 Å². The highest BCUT2D eigenvalue weighted by atomic mass is 19.1. The maximum atomic E-state index is 12.9. The molecule has 2 N–H and O–H groups in total. The van der Waals surface area contributed by atoms with Gasteiger partial charge in [0.2, 0.25) is 11.8 Å². The van der Waals surface area contributed by atoms with Crippen molar-refractivity contribution in [2.45, 2.75) is 13.0 Å². The molecule has 10 heteroatoms. The number of anilines is 2. The lowest BCUT2D eigenvalue weighted by Crippen LogP contribution is -2.53. The molecule has 31 heavy (non-hydrogen) atoms. The van der Waals surface area contributed by atoms with Crippen LogP contribution >= 0.6 is 0 Å². The van der Waals surface area contributed by atoms with Crippen LogP contribution in [0.2, 0.25) is 0 Å². The third kappa shape index (κ3) is 6.30. The molecule has 0 spiro atoms. The van der Waals surface area contributed by atoms with Crippen molar-refractivity contribution in [3.63, 3.8) is 0 Å². The molecule has 9 nitrogen and oxygen atoms in total. The maximum absolute atomic E-state index is 12.9. The number of halogens is 1. The van der Waals surface area contributed by atoms with E-state index in [1.54, 1.807) is 13.0 Å². The zero-order chi connectivity index (χ0) is 22.4.